The summed E-state index contributed by atoms with van der Waals surface area (Å²) in [6.45, 7) is -0.0163. The summed E-state index contributed by atoms with van der Waals surface area (Å²) >= 11 is 0. The number of esters is 1. The first-order chi connectivity index (χ1) is 10.5. The van der Waals surface area contributed by atoms with Gasteiger partial charge in [0.2, 0.25) is 5.91 Å². The molecule has 0 aromatic heterocycles. The molecule has 2 aromatic rings. The van der Waals surface area contributed by atoms with Crippen molar-refractivity contribution in [2.24, 2.45) is 5.73 Å². The van der Waals surface area contributed by atoms with Crippen LogP contribution in [0, 0.1) is 5.82 Å². The number of hydrogen-bond acceptors (Lipinski definition) is 4. The number of carbonyl (C=O) groups excluding carboxylic acids is 2. The van der Waals surface area contributed by atoms with Crippen LogP contribution < -0.4 is 10.5 Å². The molecule has 0 aliphatic carbocycles. The average Bonchev–Trinajstić information content (AvgIpc) is 2.53. The molecule has 6 heteroatoms. The summed E-state index contributed by atoms with van der Waals surface area (Å²) in [4.78, 5) is 22.9. The highest BCUT2D eigenvalue weighted by Gasteiger charge is 2.15. The number of primary amides is 1. The SMILES string of the molecule is COc1ccc(F)cc1C(=O)OCc1ccc(C(N)=O)cc1. The number of nitrogens with two attached hydrogens (primary N) is 1. The van der Waals surface area contributed by atoms with E-state index in [9.17, 15) is 14.0 Å². The number of hydrogen-bond donors (Lipinski definition) is 1. The van der Waals surface area contributed by atoms with Gasteiger partial charge >= 0.3 is 5.97 Å². The highest BCUT2D eigenvalue weighted by molar-refractivity contribution is 5.93. The third-order valence-corrected chi connectivity index (χ3v) is 2.99. The van der Waals surface area contributed by atoms with Crippen LogP contribution in [0.15, 0.2) is 42.5 Å². The van der Waals surface area contributed by atoms with Crippen molar-refractivity contribution >= 4 is 11.9 Å². The molecule has 0 heterocycles. The van der Waals surface area contributed by atoms with Gasteiger partial charge < -0.3 is 15.2 Å². The fourth-order valence-corrected chi connectivity index (χ4v) is 1.83. The first-order valence-electron chi connectivity index (χ1n) is 6.40. The summed E-state index contributed by atoms with van der Waals surface area (Å²) in [6, 6.07) is 9.91. The van der Waals surface area contributed by atoms with E-state index in [-0.39, 0.29) is 17.9 Å². The van der Waals surface area contributed by atoms with Crippen LogP contribution in [0.5, 0.6) is 5.75 Å². The van der Waals surface area contributed by atoms with Crippen LogP contribution in [0.25, 0.3) is 0 Å². The van der Waals surface area contributed by atoms with Crippen molar-refractivity contribution in [2.75, 3.05) is 7.11 Å². The minimum absolute atomic E-state index is 0.0104. The number of rotatable bonds is 5. The molecule has 114 valence electrons. The van der Waals surface area contributed by atoms with Crippen molar-refractivity contribution in [3.05, 3.63) is 65.0 Å². The van der Waals surface area contributed by atoms with E-state index < -0.39 is 17.7 Å². The molecule has 2 aromatic carbocycles. The van der Waals surface area contributed by atoms with E-state index in [2.05, 4.69) is 0 Å². The van der Waals surface area contributed by atoms with Gasteiger partial charge in [0.05, 0.1) is 7.11 Å². The molecule has 0 aliphatic heterocycles. The third kappa shape index (κ3) is 3.60. The van der Waals surface area contributed by atoms with Gasteiger partial charge in [-0.15, -0.1) is 0 Å². The lowest BCUT2D eigenvalue weighted by molar-refractivity contribution is 0.0468. The molecule has 0 bridgehead atoms. The molecule has 0 saturated heterocycles. The van der Waals surface area contributed by atoms with Crippen LogP contribution >= 0.6 is 0 Å². The number of amides is 1. The number of methoxy groups -OCH3 is 1. The Hall–Kier alpha value is -2.89. The summed E-state index contributed by atoms with van der Waals surface area (Å²) in [5.74, 6) is -1.56. The molecule has 0 atom stereocenters. The van der Waals surface area contributed by atoms with E-state index in [1.165, 1.54) is 31.4 Å². The summed E-state index contributed by atoms with van der Waals surface area (Å²) in [7, 11) is 1.38. The smallest absolute Gasteiger partial charge is 0.342 e. The van der Waals surface area contributed by atoms with Gasteiger partial charge in [0.1, 0.15) is 23.7 Å². The molecule has 0 saturated carbocycles. The van der Waals surface area contributed by atoms with Gasteiger partial charge in [0, 0.05) is 5.56 Å². The molecule has 5 nitrogen and oxygen atoms in total. The molecule has 0 unspecified atom stereocenters. The average molecular weight is 303 g/mol. The minimum Gasteiger partial charge on any atom is -0.496 e. The molecule has 0 fully saturated rings. The summed E-state index contributed by atoms with van der Waals surface area (Å²) < 4.78 is 23.3. The highest BCUT2D eigenvalue weighted by Crippen LogP contribution is 2.20. The van der Waals surface area contributed by atoms with Gasteiger partial charge in [0.15, 0.2) is 0 Å². The first-order valence-corrected chi connectivity index (χ1v) is 6.40. The fourth-order valence-electron chi connectivity index (χ4n) is 1.83. The Labute approximate surface area is 126 Å². The van der Waals surface area contributed by atoms with Gasteiger partial charge in [-0.05, 0) is 35.9 Å². The standard InChI is InChI=1S/C16H14FNO4/c1-21-14-7-6-12(17)8-13(14)16(20)22-9-10-2-4-11(5-3-10)15(18)19/h2-8H,9H2,1H3,(H2,18,19). The quantitative estimate of drug-likeness (QED) is 0.860. The lowest BCUT2D eigenvalue weighted by atomic mass is 10.1. The molecular weight excluding hydrogens is 289 g/mol. The summed E-state index contributed by atoms with van der Waals surface area (Å²) in [6.07, 6.45) is 0. The van der Waals surface area contributed by atoms with Gasteiger partial charge in [-0.1, -0.05) is 12.1 Å². The molecule has 22 heavy (non-hydrogen) atoms. The van der Waals surface area contributed by atoms with Crippen molar-refractivity contribution in [2.45, 2.75) is 6.61 Å². The van der Waals surface area contributed by atoms with Gasteiger partial charge in [-0.2, -0.15) is 0 Å². The van der Waals surface area contributed by atoms with E-state index >= 15 is 0 Å². The topological polar surface area (TPSA) is 78.6 Å². The fraction of sp³-hybridized carbons (Fsp3) is 0.125. The Morgan fingerprint density at radius 3 is 2.41 bits per heavy atom. The van der Waals surface area contributed by atoms with Gasteiger partial charge in [-0.25, -0.2) is 9.18 Å². The van der Waals surface area contributed by atoms with Crippen LogP contribution in [-0.2, 0) is 11.3 Å². The van der Waals surface area contributed by atoms with E-state index in [4.69, 9.17) is 15.2 Å². The maximum atomic E-state index is 13.2. The van der Waals surface area contributed by atoms with Crippen molar-refractivity contribution in [1.82, 2.24) is 0 Å². The van der Waals surface area contributed by atoms with Gasteiger partial charge in [0.25, 0.3) is 0 Å². The van der Waals surface area contributed by atoms with E-state index in [0.29, 0.717) is 11.1 Å². The monoisotopic (exact) mass is 303 g/mol. The minimum atomic E-state index is -0.699. The molecule has 0 radical (unpaired) electrons. The second kappa shape index (κ2) is 6.71. The Bertz CT molecular complexity index is 698. The van der Waals surface area contributed by atoms with Crippen LogP contribution in [0.2, 0.25) is 0 Å². The van der Waals surface area contributed by atoms with Crippen molar-refractivity contribution in [3.8, 4) is 5.75 Å². The van der Waals surface area contributed by atoms with Crippen molar-refractivity contribution in [1.29, 1.82) is 0 Å². The van der Waals surface area contributed by atoms with Crippen LogP contribution in [0.4, 0.5) is 4.39 Å². The number of benzene rings is 2. The Balaban J connectivity index is 2.06. The Morgan fingerprint density at radius 1 is 1.14 bits per heavy atom. The number of carbonyl (C=O) groups is 2. The summed E-state index contributed by atoms with van der Waals surface area (Å²) in [5, 5.41) is 0. The van der Waals surface area contributed by atoms with Crippen LogP contribution in [0.1, 0.15) is 26.3 Å². The second-order valence-corrected chi connectivity index (χ2v) is 4.48. The number of ether oxygens (including phenoxy) is 2. The zero-order valence-corrected chi connectivity index (χ0v) is 11.8. The van der Waals surface area contributed by atoms with E-state index in [0.717, 1.165) is 6.07 Å². The zero-order valence-electron chi connectivity index (χ0n) is 11.8. The highest BCUT2D eigenvalue weighted by atomic mass is 19.1. The molecular formula is C16H14FNO4. The molecule has 0 aliphatic rings. The zero-order chi connectivity index (χ0) is 16.1. The van der Waals surface area contributed by atoms with Crippen molar-refractivity contribution < 1.29 is 23.5 Å². The van der Waals surface area contributed by atoms with E-state index in [1.54, 1.807) is 12.1 Å². The lowest BCUT2D eigenvalue weighted by Crippen LogP contribution is -2.11. The maximum absolute atomic E-state index is 13.2. The molecule has 2 N–H and O–H groups in total. The number of halogens is 1. The predicted octanol–water partition coefficient (Wildman–Crippen LogP) is 2.29. The largest absolute Gasteiger partial charge is 0.496 e. The molecule has 2 rings (SSSR count). The third-order valence-electron chi connectivity index (χ3n) is 2.99. The maximum Gasteiger partial charge on any atom is 0.342 e. The second-order valence-electron chi connectivity index (χ2n) is 4.48. The molecule has 1 amide bonds. The first kappa shape index (κ1) is 15.5. The molecule has 0 spiro atoms. The van der Waals surface area contributed by atoms with Gasteiger partial charge in [-0.3, -0.25) is 4.79 Å². The Morgan fingerprint density at radius 2 is 1.82 bits per heavy atom. The van der Waals surface area contributed by atoms with Crippen LogP contribution in [0.3, 0.4) is 0 Å². The van der Waals surface area contributed by atoms with E-state index in [1.807, 2.05) is 0 Å². The lowest BCUT2D eigenvalue weighted by Gasteiger charge is -2.09. The van der Waals surface area contributed by atoms with Crippen molar-refractivity contribution in [3.63, 3.8) is 0 Å². The summed E-state index contributed by atoms with van der Waals surface area (Å²) in [5.41, 5.74) is 6.18. The predicted molar refractivity (Wildman–Crippen MR) is 77.0 cm³/mol. The van der Waals surface area contributed by atoms with Crippen LogP contribution in [-0.4, -0.2) is 19.0 Å². The normalized spacial score (nSPS) is 10.1. The Kier molecular flexibility index (Phi) is 4.73.